The summed E-state index contributed by atoms with van der Waals surface area (Å²) in [5.74, 6) is -0.496. The summed E-state index contributed by atoms with van der Waals surface area (Å²) < 4.78 is 31.9. The maximum atomic E-state index is 12.7. The predicted octanol–water partition coefficient (Wildman–Crippen LogP) is 1.21. The van der Waals surface area contributed by atoms with E-state index in [4.69, 9.17) is 4.74 Å². The number of aromatic nitrogens is 2. The van der Waals surface area contributed by atoms with E-state index < -0.39 is 27.6 Å². The minimum atomic E-state index is -3.74. The lowest BCUT2D eigenvalue weighted by atomic mass is 10.2. The highest BCUT2D eigenvalue weighted by atomic mass is 32.2. The van der Waals surface area contributed by atoms with Gasteiger partial charge in [-0.1, -0.05) is 0 Å². The zero-order chi connectivity index (χ0) is 15.8. The van der Waals surface area contributed by atoms with Crippen LogP contribution in [-0.4, -0.2) is 47.1 Å². The Kier molecular flexibility index (Phi) is 4.12. The number of H-pyrrole nitrogens is 1. The summed E-state index contributed by atoms with van der Waals surface area (Å²) in [5, 5.41) is 6.35. The minimum Gasteiger partial charge on any atom is -0.459 e. The summed E-state index contributed by atoms with van der Waals surface area (Å²) in [6.45, 7) is 7.24. The second-order valence-electron chi connectivity index (χ2n) is 6.17. The van der Waals surface area contributed by atoms with E-state index in [0.717, 1.165) is 0 Å². The van der Waals surface area contributed by atoms with Gasteiger partial charge in [0.2, 0.25) is 10.0 Å². The number of rotatable bonds is 3. The van der Waals surface area contributed by atoms with Gasteiger partial charge in [0.05, 0.1) is 11.9 Å². The third-order valence-electron chi connectivity index (χ3n) is 3.25. The molecule has 0 aromatic carbocycles. The lowest BCUT2D eigenvalue weighted by molar-refractivity contribution is -0.158. The first-order chi connectivity index (χ1) is 9.63. The zero-order valence-corrected chi connectivity index (χ0v) is 13.5. The molecule has 1 aromatic rings. The number of aromatic amines is 1. The zero-order valence-electron chi connectivity index (χ0n) is 12.7. The molecule has 1 aliphatic heterocycles. The highest BCUT2D eigenvalue weighted by Crippen LogP contribution is 2.28. The molecule has 0 bridgehead atoms. The van der Waals surface area contributed by atoms with Crippen molar-refractivity contribution >= 4 is 16.0 Å². The number of nitrogens with zero attached hydrogens (tertiary/aromatic N) is 2. The molecule has 21 heavy (non-hydrogen) atoms. The topological polar surface area (TPSA) is 92.4 Å². The fourth-order valence-corrected chi connectivity index (χ4v) is 4.13. The minimum absolute atomic E-state index is 0.109. The van der Waals surface area contributed by atoms with Gasteiger partial charge < -0.3 is 4.74 Å². The van der Waals surface area contributed by atoms with Crippen LogP contribution in [0.25, 0.3) is 0 Å². The normalized spacial score (nSPS) is 20.7. The van der Waals surface area contributed by atoms with Crippen LogP contribution in [0.15, 0.2) is 11.1 Å². The molecule has 1 N–H and O–H groups in total. The SMILES string of the molecule is Cc1[nH]ncc1S(=O)(=O)N1CCC[C@H]1C(=O)OC(C)(C)C. The smallest absolute Gasteiger partial charge is 0.324 e. The molecule has 0 radical (unpaired) electrons. The van der Waals surface area contributed by atoms with E-state index in [9.17, 15) is 13.2 Å². The van der Waals surface area contributed by atoms with Crippen molar-refractivity contribution in [1.82, 2.24) is 14.5 Å². The van der Waals surface area contributed by atoms with E-state index in [1.54, 1.807) is 27.7 Å². The third-order valence-corrected chi connectivity index (χ3v) is 5.27. The van der Waals surface area contributed by atoms with Crippen LogP contribution in [0.4, 0.5) is 0 Å². The van der Waals surface area contributed by atoms with Gasteiger partial charge in [-0.05, 0) is 40.5 Å². The lowest BCUT2D eigenvalue weighted by Crippen LogP contribution is -2.43. The van der Waals surface area contributed by atoms with Crippen molar-refractivity contribution in [3.05, 3.63) is 11.9 Å². The average Bonchev–Trinajstić information content (AvgIpc) is 2.94. The molecular formula is C13H21N3O4S. The summed E-state index contributed by atoms with van der Waals surface area (Å²) in [4.78, 5) is 12.3. The molecule has 1 fully saturated rings. The van der Waals surface area contributed by atoms with Gasteiger partial charge in [0, 0.05) is 6.54 Å². The van der Waals surface area contributed by atoms with Crippen molar-refractivity contribution in [3.8, 4) is 0 Å². The van der Waals surface area contributed by atoms with Gasteiger partial charge in [0.15, 0.2) is 0 Å². The second-order valence-corrected chi connectivity index (χ2v) is 8.03. The first kappa shape index (κ1) is 16.0. The molecule has 2 heterocycles. The highest BCUT2D eigenvalue weighted by molar-refractivity contribution is 7.89. The van der Waals surface area contributed by atoms with Crippen molar-refractivity contribution in [2.75, 3.05) is 6.54 Å². The van der Waals surface area contributed by atoms with E-state index in [1.807, 2.05) is 0 Å². The highest BCUT2D eigenvalue weighted by Gasteiger charge is 2.42. The fraction of sp³-hybridized carbons (Fsp3) is 0.692. The van der Waals surface area contributed by atoms with E-state index >= 15 is 0 Å². The first-order valence-electron chi connectivity index (χ1n) is 6.87. The van der Waals surface area contributed by atoms with Crippen LogP contribution in [0.5, 0.6) is 0 Å². The molecular weight excluding hydrogens is 294 g/mol. The Labute approximate surface area is 124 Å². The van der Waals surface area contributed by atoms with E-state index in [1.165, 1.54) is 10.5 Å². The molecule has 7 nitrogen and oxygen atoms in total. The third kappa shape index (κ3) is 3.26. The Bertz CT molecular complexity index is 630. The van der Waals surface area contributed by atoms with E-state index in [0.29, 0.717) is 25.1 Å². The molecule has 0 saturated carbocycles. The van der Waals surface area contributed by atoms with Crippen molar-refractivity contribution in [3.63, 3.8) is 0 Å². The van der Waals surface area contributed by atoms with Gasteiger partial charge in [-0.25, -0.2) is 8.42 Å². The number of hydrogen-bond acceptors (Lipinski definition) is 5. The lowest BCUT2D eigenvalue weighted by Gasteiger charge is -2.26. The van der Waals surface area contributed by atoms with Crippen LogP contribution in [-0.2, 0) is 19.6 Å². The number of hydrogen-bond donors (Lipinski definition) is 1. The molecule has 0 amide bonds. The predicted molar refractivity (Wildman–Crippen MR) is 76.1 cm³/mol. The van der Waals surface area contributed by atoms with Gasteiger partial charge >= 0.3 is 5.97 Å². The monoisotopic (exact) mass is 315 g/mol. The van der Waals surface area contributed by atoms with Crippen molar-refractivity contribution in [1.29, 1.82) is 0 Å². The number of aryl methyl sites for hydroxylation is 1. The second kappa shape index (κ2) is 5.42. The van der Waals surface area contributed by atoms with Gasteiger partial charge in [0.1, 0.15) is 16.5 Å². The summed E-state index contributed by atoms with van der Waals surface area (Å²) in [7, 11) is -3.74. The number of nitrogens with one attached hydrogen (secondary N) is 1. The standard InChI is InChI=1S/C13H21N3O4S/c1-9-11(8-14-15-9)21(18,19)16-7-5-6-10(16)12(17)20-13(2,3)4/h8,10H,5-7H2,1-4H3,(H,14,15)/t10-/m0/s1. The largest absolute Gasteiger partial charge is 0.459 e. The van der Waals surface area contributed by atoms with Gasteiger partial charge in [-0.3, -0.25) is 9.89 Å². The van der Waals surface area contributed by atoms with Gasteiger partial charge in [-0.2, -0.15) is 9.40 Å². The van der Waals surface area contributed by atoms with Crippen LogP contribution in [0.2, 0.25) is 0 Å². The molecule has 2 rings (SSSR count). The summed E-state index contributed by atoms with van der Waals surface area (Å²) in [6, 6.07) is -0.761. The molecule has 1 aliphatic rings. The van der Waals surface area contributed by atoms with Crippen LogP contribution >= 0.6 is 0 Å². The molecule has 0 spiro atoms. The molecule has 0 aliphatic carbocycles. The summed E-state index contributed by atoms with van der Waals surface area (Å²) in [5.41, 5.74) is -0.175. The maximum Gasteiger partial charge on any atom is 0.324 e. The van der Waals surface area contributed by atoms with E-state index in [-0.39, 0.29) is 4.90 Å². The van der Waals surface area contributed by atoms with Crippen LogP contribution < -0.4 is 0 Å². The van der Waals surface area contributed by atoms with Gasteiger partial charge in [-0.15, -0.1) is 0 Å². The summed E-state index contributed by atoms with van der Waals surface area (Å²) in [6.07, 6.45) is 2.39. The quantitative estimate of drug-likeness (QED) is 0.846. The van der Waals surface area contributed by atoms with Crippen LogP contribution in [0.1, 0.15) is 39.3 Å². The Hall–Kier alpha value is -1.41. The number of carbonyl (C=O) groups excluding carboxylic acids is 1. The van der Waals surface area contributed by atoms with Crippen LogP contribution in [0, 0.1) is 6.92 Å². The molecule has 1 atom stereocenters. The molecule has 1 aromatic heterocycles. The molecule has 1 saturated heterocycles. The molecule has 8 heteroatoms. The Morgan fingerprint density at radius 2 is 2.14 bits per heavy atom. The fourth-order valence-electron chi connectivity index (χ4n) is 2.36. The van der Waals surface area contributed by atoms with Crippen molar-refractivity contribution < 1.29 is 17.9 Å². The first-order valence-corrected chi connectivity index (χ1v) is 8.31. The molecule has 118 valence electrons. The summed E-state index contributed by atoms with van der Waals surface area (Å²) >= 11 is 0. The van der Waals surface area contributed by atoms with Crippen molar-refractivity contribution in [2.45, 2.75) is 57.1 Å². The van der Waals surface area contributed by atoms with Crippen LogP contribution in [0.3, 0.4) is 0 Å². The van der Waals surface area contributed by atoms with E-state index in [2.05, 4.69) is 10.2 Å². The van der Waals surface area contributed by atoms with Crippen molar-refractivity contribution in [2.24, 2.45) is 0 Å². The Morgan fingerprint density at radius 3 is 2.67 bits per heavy atom. The number of ether oxygens (including phenoxy) is 1. The number of esters is 1. The van der Waals surface area contributed by atoms with Gasteiger partial charge in [0.25, 0.3) is 0 Å². The Morgan fingerprint density at radius 1 is 1.48 bits per heavy atom. The molecule has 0 unspecified atom stereocenters. The maximum absolute atomic E-state index is 12.7. The number of carbonyl (C=O) groups is 1. The Balaban J connectivity index is 2.27. The number of sulfonamides is 1. The average molecular weight is 315 g/mol.